The molecule has 2 aromatic heterocycles. The minimum absolute atomic E-state index is 0.716. The molecule has 68 valence electrons. The van der Waals surface area contributed by atoms with Gasteiger partial charge >= 0.3 is 0 Å². The van der Waals surface area contributed by atoms with Gasteiger partial charge in [-0.1, -0.05) is 0 Å². The number of aromatic nitrogens is 4. The lowest BCUT2D eigenvalue weighted by molar-refractivity contribution is 0.871. The van der Waals surface area contributed by atoms with E-state index in [1.165, 1.54) is 5.56 Å². The highest BCUT2D eigenvalue weighted by Gasteiger charge is 2.21. The van der Waals surface area contributed by atoms with Crippen molar-refractivity contribution in [3.63, 3.8) is 0 Å². The molecule has 14 heavy (non-hydrogen) atoms. The summed E-state index contributed by atoms with van der Waals surface area (Å²) in [5, 5.41) is 8.09. The summed E-state index contributed by atoms with van der Waals surface area (Å²) < 4.78 is 0. The van der Waals surface area contributed by atoms with Gasteiger partial charge in [-0.3, -0.25) is 4.98 Å². The van der Waals surface area contributed by atoms with Gasteiger partial charge in [0.15, 0.2) is 0 Å². The minimum atomic E-state index is 0.716. The molecule has 4 nitrogen and oxygen atoms in total. The SMILES string of the molecule is Cc1nnc2c(n1)-c1ccncc1C2. The second-order valence-electron chi connectivity index (χ2n) is 3.36. The molecule has 2 heterocycles. The largest absolute Gasteiger partial charge is 0.264 e. The van der Waals surface area contributed by atoms with Gasteiger partial charge in [0.25, 0.3) is 0 Å². The number of nitrogens with zero attached hydrogens (tertiary/aromatic N) is 4. The fraction of sp³-hybridized carbons (Fsp3) is 0.200. The second-order valence-corrected chi connectivity index (χ2v) is 3.36. The molecule has 0 saturated carbocycles. The molecule has 0 atom stereocenters. The summed E-state index contributed by atoms with van der Waals surface area (Å²) in [6, 6.07) is 1.98. The van der Waals surface area contributed by atoms with Crippen molar-refractivity contribution in [2.24, 2.45) is 0 Å². The number of hydrogen-bond donors (Lipinski definition) is 0. The van der Waals surface area contributed by atoms with Gasteiger partial charge in [-0.15, -0.1) is 5.10 Å². The number of fused-ring (bicyclic) bond motifs is 3. The Labute approximate surface area is 81.1 Å². The Balaban J connectivity index is 2.30. The number of hydrogen-bond acceptors (Lipinski definition) is 4. The normalized spacial score (nSPS) is 12.4. The van der Waals surface area contributed by atoms with Crippen LogP contribution >= 0.6 is 0 Å². The van der Waals surface area contributed by atoms with E-state index in [9.17, 15) is 0 Å². The van der Waals surface area contributed by atoms with Gasteiger partial charge in [0.05, 0.1) is 11.4 Å². The number of rotatable bonds is 0. The van der Waals surface area contributed by atoms with Crippen LogP contribution in [0.2, 0.25) is 0 Å². The van der Waals surface area contributed by atoms with Crippen LogP contribution in [0.3, 0.4) is 0 Å². The van der Waals surface area contributed by atoms with Gasteiger partial charge in [-0.05, 0) is 18.6 Å². The van der Waals surface area contributed by atoms with Crippen LogP contribution in [0.1, 0.15) is 17.1 Å². The summed E-state index contributed by atoms with van der Waals surface area (Å²) in [6.07, 6.45) is 4.46. The fourth-order valence-corrected chi connectivity index (χ4v) is 1.74. The average molecular weight is 184 g/mol. The molecule has 1 aliphatic carbocycles. The molecule has 0 spiro atoms. The van der Waals surface area contributed by atoms with Crippen LogP contribution < -0.4 is 0 Å². The lowest BCUT2D eigenvalue weighted by atomic mass is 10.2. The van der Waals surface area contributed by atoms with E-state index in [0.717, 1.165) is 23.4 Å². The molecule has 0 bridgehead atoms. The zero-order chi connectivity index (χ0) is 9.54. The first kappa shape index (κ1) is 7.55. The van der Waals surface area contributed by atoms with Crippen LogP contribution in [0.15, 0.2) is 18.5 Å². The summed E-state index contributed by atoms with van der Waals surface area (Å²) in [6.45, 7) is 1.85. The average Bonchev–Trinajstić information content (AvgIpc) is 2.56. The van der Waals surface area contributed by atoms with Crippen LogP contribution in [0, 0.1) is 6.92 Å². The molecule has 3 rings (SSSR count). The maximum Gasteiger partial charge on any atom is 0.148 e. The summed E-state index contributed by atoms with van der Waals surface area (Å²) in [5.74, 6) is 0.716. The summed E-state index contributed by atoms with van der Waals surface area (Å²) in [7, 11) is 0. The van der Waals surface area contributed by atoms with Gasteiger partial charge in [0.2, 0.25) is 0 Å². The monoisotopic (exact) mass is 184 g/mol. The van der Waals surface area contributed by atoms with Crippen molar-refractivity contribution in [3.8, 4) is 11.3 Å². The van der Waals surface area contributed by atoms with E-state index >= 15 is 0 Å². The molecule has 0 amide bonds. The minimum Gasteiger partial charge on any atom is -0.264 e. The van der Waals surface area contributed by atoms with E-state index in [4.69, 9.17) is 0 Å². The van der Waals surface area contributed by atoms with Crippen molar-refractivity contribution in [2.45, 2.75) is 13.3 Å². The molecule has 0 aromatic carbocycles. The van der Waals surface area contributed by atoms with Crippen molar-refractivity contribution in [2.75, 3.05) is 0 Å². The highest BCUT2D eigenvalue weighted by atomic mass is 15.2. The quantitative estimate of drug-likeness (QED) is 0.525. The van der Waals surface area contributed by atoms with Gasteiger partial charge in [-0.25, -0.2) is 4.98 Å². The van der Waals surface area contributed by atoms with E-state index < -0.39 is 0 Å². The van der Waals surface area contributed by atoms with Crippen LogP contribution in [-0.4, -0.2) is 20.2 Å². The molecule has 0 saturated heterocycles. The summed E-state index contributed by atoms with van der Waals surface area (Å²) >= 11 is 0. The highest BCUT2D eigenvalue weighted by Crippen LogP contribution is 2.32. The van der Waals surface area contributed by atoms with E-state index in [2.05, 4.69) is 20.2 Å². The second kappa shape index (κ2) is 2.57. The predicted octanol–water partition coefficient (Wildman–Crippen LogP) is 1.15. The van der Waals surface area contributed by atoms with Gasteiger partial charge in [0, 0.05) is 24.4 Å². The van der Waals surface area contributed by atoms with Crippen LogP contribution in [-0.2, 0) is 6.42 Å². The fourth-order valence-electron chi connectivity index (χ4n) is 1.74. The third kappa shape index (κ3) is 0.937. The lowest BCUT2D eigenvalue weighted by Crippen LogP contribution is -1.96. The first-order valence-electron chi connectivity index (χ1n) is 4.48. The van der Waals surface area contributed by atoms with Crippen molar-refractivity contribution in [3.05, 3.63) is 35.5 Å². The Morgan fingerprint density at radius 2 is 2.21 bits per heavy atom. The standard InChI is InChI=1S/C10H8N4/c1-6-12-10-8-2-3-11-5-7(8)4-9(10)14-13-6/h2-3,5H,4H2,1H3. The van der Waals surface area contributed by atoms with Crippen molar-refractivity contribution in [1.29, 1.82) is 0 Å². The Bertz CT molecular complexity index is 507. The van der Waals surface area contributed by atoms with Gasteiger partial charge in [-0.2, -0.15) is 5.10 Å². The topological polar surface area (TPSA) is 51.6 Å². The first-order chi connectivity index (χ1) is 6.84. The maximum atomic E-state index is 4.39. The molecule has 0 radical (unpaired) electrons. The number of aryl methyl sites for hydroxylation is 1. The Kier molecular flexibility index (Phi) is 1.39. The van der Waals surface area contributed by atoms with E-state index in [-0.39, 0.29) is 0 Å². The van der Waals surface area contributed by atoms with Crippen molar-refractivity contribution < 1.29 is 0 Å². The molecular formula is C10H8N4. The van der Waals surface area contributed by atoms with Gasteiger partial charge in [0.1, 0.15) is 5.82 Å². The first-order valence-corrected chi connectivity index (χ1v) is 4.48. The van der Waals surface area contributed by atoms with Gasteiger partial charge < -0.3 is 0 Å². The third-order valence-corrected chi connectivity index (χ3v) is 2.38. The van der Waals surface area contributed by atoms with E-state index in [0.29, 0.717) is 5.82 Å². The molecular weight excluding hydrogens is 176 g/mol. The molecule has 1 aliphatic rings. The number of pyridine rings is 1. The molecule has 0 N–H and O–H groups in total. The molecule has 0 aliphatic heterocycles. The van der Waals surface area contributed by atoms with Crippen LogP contribution in [0.5, 0.6) is 0 Å². The smallest absolute Gasteiger partial charge is 0.148 e. The predicted molar refractivity (Wildman–Crippen MR) is 50.6 cm³/mol. The summed E-state index contributed by atoms with van der Waals surface area (Å²) in [5.41, 5.74) is 4.26. The van der Waals surface area contributed by atoms with E-state index in [1.807, 2.05) is 19.2 Å². The lowest BCUT2D eigenvalue weighted by Gasteiger charge is -1.97. The Morgan fingerprint density at radius 1 is 1.29 bits per heavy atom. The zero-order valence-electron chi connectivity index (χ0n) is 7.73. The Morgan fingerprint density at radius 3 is 3.14 bits per heavy atom. The Hall–Kier alpha value is -1.84. The summed E-state index contributed by atoms with van der Waals surface area (Å²) in [4.78, 5) is 8.48. The van der Waals surface area contributed by atoms with Crippen LogP contribution in [0.4, 0.5) is 0 Å². The highest BCUT2D eigenvalue weighted by molar-refractivity contribution is 5.70. The van der Waals surface area contributed by atoms with Crippen LogP contribution in [0.25, 0.3) is 11.3 Å². The van der Waals surface area contributed by atoms with Crippen molar-refractivity contribution in [1.82, 2.24) is 20.2 Å². The van der Waals surface area contributed by atoms with E-state index in [1.54, 1.807) is 6.20 Å². The third-order valence-electron chi connectivity index (χ3n) is 2.38. The molecule has 2 aromatic rings. The maximum absolute atomic E-state index is 4.39. The van der Waals surface area contributed by atoms with Crippen molar-refractivity contribution >= 4 is 0 Å². The molecule has 0 unspecified atom stereocenters. The zero-order valence-corrected chi connectivity index (χ0v) is 7.73. The molecule has 4 heteroatoms. The molecule has 0 fully saturated rings.